The number of thioether (sulfide) groups is 1. The van der Waals surface area contributed by atoms with Gasteiger partial charge in [0.25, 0.3) is 17.5 Å². The first-order chi connectivity index (χ1) is 16.0. The van der Waals surface area contributed by atoms with Gasteiger partial charge in [-0.15, -0.1) is 0 Å². The minimum absolute atomic E-state index is 0.0840. The normalized spacial score (nSPS) is 13.8. The molecule has 5 rings (SSSR count). The SMILES string of the molecule is O=C1C(Sc2ccccc2)=C(c2ccc([N+](=O)[O-])cc2)C(=O)N1c1cccc2ccccc12. The van der Waals surface area contributed by atoms with Crippen LogP contribution in [0.15, 0.2) is 107 Å². The fraction of sp³-hybridized carbons (Fsp3) is 0. The van der Waals surface area contributed by atoms with E-state index in [0.717, 1.165) is 15.7 Å². The summed E-state index contributed by atoms with van der Waals surface area (Å²) in [6, 6.07) is 28.1. The van der Waals surface area contributed by atoms with Crippen molar-refractivity contribution in [2.75, 3.05) is 4.90 Å². The smallest absolute Gasteiger partial charge is 0.268 e. The van der Waals surface area contributed by atoms with Gasteiger partial charge in [-0.1, -0.05) is 66.4 Å². The molecule has 0 bridgehead atoms. The molecule has 6 nitrogen and oxygen atoms in total. The number of hydrogen-bond acceptors (Lipinski definition) is 5. The molecule has 0 atom stereocenters. The van der Waals surface area contributed by atoms with E-state index in [-0.39, 0.29) is 16.2 Å². The van der Waals surface area contributed by atoms with Gasteiger partial charge in [0.2, 0.25) is 0 Å². The van der Waals surface area contributed by atoms with Crippen molar-refractivity contribution >= 4 is 51.3 Å². The van der Waals surface area contributed by atoms with E-state index in [9.17, 15) is 19.7 Å². The maximum absolute atomic E-state index is 13.7. The summed E-state index contributed by atoms with van der Waals surface area (Å²) in [6.07, 6.45) is 0. The molecule has 0 N–H and O–H groups in total. The molecular weight excluding hydrogens is 436 g/mol. The van der Waals surface area contributed by atoms with E-state index in [0.29, 0.717) is 11.3 Å². The lowest BCUT2D eigenvalue weighted by Gasteiger charge is -2.17. The van der Waals surface area contributed by atoms with Gasteiger partial charge in [0.05, 0.1) is 21.1 Å². The van der Waals surface area contributed by atoms with Crippen molar-refractivity contribution in [2.45, 2.75) is 4.90 Å². The molecule has 0 aromatic heterocycles. The number of rotatable bonds is 5. The molecule has 4 aromatic carbocycles. The second kappa shape index (κ2) is 8.37. The van der Waals surface area contributed by atoms with Crippen LogP contribution in [0.2, 0.25) is 0 Å². The van der Waals surface area contributed by atoms with Crippen LogP contribution in [0.1, 0.15) is 5.56 Å². The van der Waals surface area contributed by atoms with Crippen molar-refractivity contribution in [3.8, 4) is 0 Å². The summed E-state index contributed by atoms with van der Waals surface area (Å²) in [5, 5.41) is 12.8. The number of carbonyl (C=O) groups excluding carboxylic acids is 2. The van der Waals surface area contributed by atoms with E-state index in [4.69, 9.17) is 0 Å². The Morgan fingerprint density at radius 1 is 0.727 bits per heavy atom. The molecule has 0 saturated carbocycles. The highest BCUT2D eigenvalue weighted by Crippen LogP contribution is 2.43. The molecule has 0 spiro atoms. The topological polar surface area (TPSA) is 80.5 Å². The van der Waals surface area contributed by atoms with Gasteiger partial charge >= 0.3 is 0 Å². The molecule has 1 heterocycles. The molecular formula is C26H16N2O4S. The fourth-order valence-electron chi connectivity index (χ4n) is 3.84. The van der Waals surface area contributed by atoms with Crippen LogP contribution in [0.4, 0.5) is 11.4 Å². The Labute approximate surface area is 193 Å². The van der Waals surface area contributed by atoms with Crippen molar-refractivity contribution in [2.24, 2.45) is 0 Å². The Morgan fingerprint density at radius 2 is 1.39 bits per heavy atom. The lowest BCUT2D eigenvalue weighted by Crippen LogP contribution is -2.31. The third-order valence-corrected chi connectivity index (χ3v) is 6.47. The van der Waals surface area contributed by atoms with Crippen molar-refractivity contribution in [3.05, 3.63) is 118 Å². The van der Waals surface area contributed by atoms with Crippen LogP contribution in [-0.2, 0) is 9.59 Å². The van der Waals surface area contributed by atoms with E-state index >= 15 is 0 Å². The van der Waals surface area contributed by atoms with Crippen LogP contribution in [0.5, 0.6) is 0 Å². The molecule has 0 unspecified atom stereocenters. The summed E-state index contributed by atoms with van der Waals surface area (Å²) in [6.45, 7) is 0. The summed E-state index contributed by atoms with van der Waals surface area (Å²) >= 11 is 1.21. The number of benzene rings is 4. The van der Waals surface area contributed by atoms with Crippen LogP contribution in [-0.4, -0.2) is 16.7 Å². The number of fused-ring (bicyclic) bond motifs is 1. The molecule has 160 valence electrons. The average Bonchev–Trinajstić information content (AvgIpc) is 3.08. The summed E-state index contributed by atoms with van der Waals surface area (Å²) in [5.41, 5.74) is 1.11. The summed E-state index contributed by atoms with van der Waals surface area (Å²) in [7, 11) is 0. The highest BCUT2D eigenvalue weighted by atomic mass is 32.2. The van der Waals surface area contributed by atoms with Gasteiger partial charge in [-0.25, -0.2) is 4.90 Å². The number of imide groups is 1. The van der Waals surface area contributed by atoms with Gasteiger partial charge in [-0.3, -0.25) is 19.7 Å². The summed E-state index contributed by atoms with van der Waals surface area (Å²) in [5.74, 6) is -0.873. The predicted octanol–water partition coefficient (Wildman–Crippen LogP) is 5.82. The first kappa shape index (κ1) is 20.7. The van der Waals surface area contributed by atoms with Crippen molar-refractivity contribution in [1.82, 2.24) is 0 Å². The van der Waals surface area contributed by atoms with Gasteiger partial charge in [0.15, 0.2) is 0 Å². The number of hydrogen-bond donors (Lipinski definition) is 0. The minimum atomic E-state index is -0.498. The first-order valence-corrected chi connectivity index (χ1v) is 10.9. The molecule has 4 aromatic rings. The first-order valence-electron chi connectivity index (χ1n) is 10.1. The molecule has 0 saturated heterocycles. The second-order valence-corrected chi connectivity index (χ2v) is 8.45. The van der Waals surface area contributed by atoms with Crippen LogP contribution >= 0.6 is 11.8 Å². The van der Waals surface area contributed by atoms with Crippen molar-refractivity contribution in [3.63, 3.8) is 0 Å². The van der Waals surface area contributed by atoms with Gasteiger partial charge in [0, 0.05) is 22.4 Å². The third kappa shape index (κ3) is 3.68. The van der Waals surface area contributed by atoms with Crippen LogP contribution in [0, 0.1) is 10.1 Å². The monoisotopic (exact) mass is 452 g/mol. The van der Waals surface area contributed by atoms with E-state index in [1.54, 1.807) is 6.07 Å². The minimum Gasteiger partial charge on any atom is -0.268 e. The number of nitro benzene ring substituents is 1. The molecule has 33 heavy (non-hydrogen) atoms. The molecule has 0 fully saturated rings. The fourth-order valence-corrected chi connectivity index (χ4v) is 4.85. The van der Waals surface area contributed by atoms with Gasteiger partial charge in [-0.2, -0.15) is 0 Å². The van der Waals surface area contributed by atoms with Crippen molar-refractivity contribution < 1.29 is 14.5 Å². The van der Waals surface area contributed by atoms with E-state index in [1.807, 2.05) is 66.7 Å². The molecule has 2 amide bonds. The molecule has 0 radical (unpaired) electrons. The van der Waals surface area contributed by atoms with Gasteiger partial charge in [0.1, 0.15) is 0 Å². The number of carbonyl (C=O) groups is 2. The Balaban J connectivity index is 1.65. The number of nitrogens with zero attached hydrogens (tertiary/aromatic N) is 2. The zero-order chi connectivity index (χ0) is 22.9. The largest absolute Gasteiger partial charge is 0.272 e. The Kier molecular flexibility index (Phi) is 5.24. The quantitative estimate of drug-likeness (QED) is 0.216. The zero-order valence-corrected chi connectivity index (χ0v) is 18.0. The number of anilines is 1. The van der Waals surface area contributed by atoms with E-state index < -0.39 is 16.7 Å². The van der Waals surface area contributed by atoms with Crippen LogP contribution in [0.3, 0.4) is 0 Å². The molecule has 1 aliphatic heterocycles. The predicted molar refractivity (Wildman–Crippen MR) is 129 cm³/mol. The summed E-state index contributed by atoms with van der Waals surface area (Å²) < 4.78 is 0. The summed E-state index contributed by atoms with van der Waals surface area (Å²) in [4.78, 5) is 40.2. The maximum Gasteiger partial charge on any atom is 0.272 e. The lowest BCUT2D eigenvalue weighted by atomic mass is 10.1. The number of nitro groups is 1. The van der Waals surface area contributed by atoms with Crippen LogP contribution in [0.25, 0.3) is 16.3 Å². The number of non-ortho nitro benzene ring substituents is 1. The average molecular weight is 452 g/mol. The molecule has 7 heteroatoms. The van der Waals surface area contributed by atoms with E-state index in [2.05, 4.69) is 0 Å². The zero-order valence-electron chi connectivity index (χ0n) is 17.2. The van der Waals surface area contributed by atoms with Gasteiger partial charge in [-0.05, 0) is 41.3 Å². The Bertz CT molecular complexity index is 1440. The van der Waals surface area contributed by atoms with Gasteiger partial charge < -0.3 is 0 Å². The molecule has 0 aliphatic carbocycles. The Hall–Kier alpha value is -4.23. The molecule has 1 aliphatic rings. The highest BCUT2D eigenvalue weighted by Gasteiger charge is 2.41. The standard InChI is InChI=1S/C26H16N2O4S/c29-25-23(18-13-15-19(16-14-18)28(31)32)24(33-20-9-2-1-3-10-20)26(30)27(25)22-12-6-8-17-7-4-5-11-21(17)22/h1-16H. The maximum atomic E-state index is 13.7. The Morgan fingerprint density at radius 3 is 2.12 bits per heavy atom. The third-order valence-electron chi connectivity index (χ3n) is 5.38. The highest BCUT2D eigenvalue weighted by molar-refractivity contribution is 8.04. The van der Waals surface area contributed by atoms with Crippen LogP contribution < -0.4 is 4.90 Å². The second-order valence-electron chi connectivity index (χ2n) is 7.37. The van der Waals surface area contributed by atoms with E-state index in [1.165, 1.54) is 40.9 Å². The van der Waals surface area contributed by atoms with Crippen molar-refractivity contribution in [1.29, 1.82) is 0 Å². The lowest BCUT2D eigenvalue weighted by molar-refractivity contribution is -0.384. The number of amides is 2.